The number of amides is 2. The Balaban J connectivity index is 1.79. The molecule has 1 fully saturated rings. The molecule has 28 heavy (non-hydrogen) atoms. The molecule has 2 aromatic carbocycles. The van der Waals surface area contributed by atoms with Gasteiger partial charge in [0, 0.05) is 19.5 Å². The summed E-state index contributed by atoms with van der Waals surface area (Å²) in [5.74, 6) is -0.339. The van der Waals surface area contributed by atoms with Crippen LogP contribution in [0, 0.1) is 0 Å². The van der Waals surface area contributed by atoms with Gasteiger partial charge in [-0.25, -0.2) is 13.6 Å². The zero-order valence-electron chi connectivity index (χ0n) is 15.4. The molecule has 8 heteroatoms. The van der Waals surface area contributed by atoms with Crippen molar-refractivity contribution in [2.75, 3.05) is 6.54 Å². The average Bonchev–Trinajstić information content (AvgIpc) is 2.68. The largest absolute Gasteiger partial charge is 0.350 e. The van der Waals surface area contributed by atoms with Crippen molar-refractivity contribution in [3.05, 3.63) is 65.7 Å². The number of hydrogen-bond donors (Lipinski definition) is 2. The van der Waals surface area contributed by atoms with Gasteiger partial charge in [0.05, 0.1) is 4.90 Å². The van der Waals surface area contributed by atoms with Gasteiger partial charge in [0.15, 0.2) is 0 Å². The summed E-state index contributed by atoms with van der Waals surface area (Å²) >= 11 is 0. The average molecular weight is 401 g/mol. The predicted octanol–water partition coefficient (Wildman–Crippen LogP) is 1.70. The molecule has 0 spiro atoms. The van der Waals surface area contributed by atoms with E-state index in [1.165, 1.54) is 12.1 Å². The van der Waals surface area contributed by atoms with Gasteiger partial charge in [-0.15, -0.1) is 0 Å². The van der Waals surface area contributed by atoms with Crippen LogP contribution in [0.1, 0.15) is 36.4 Å². The molecule has 2 amide bonds. The number of primary sulfonamides is 1. The Bertz CT molecular complexity index is 960. The van der Waals surface area contributed by atoms with E-state index in [2.05, 4.69) is 5.32 Å². The third-order valence-electron chi connectivity index (χ3n) is 4.73. The van der Waals surface area contributed by atoms with Crippen molar-refractivity contribution in [2.45, 2.75) is 36.7 Å². The molecule has 0 aromatic heterocycles. The number of nitrogens with zero attached hydrogens (tertiary/aromatic N) is 1. The molecule has 1 aliphatic rings. The Kier molecular flexibility index (Phi) is 6.11. The first-order valence-corrected chi connectivity index (χ1v) is 10.6. The molecule has 7 nitrogen and oxygen atoms in total. The minimum Gasteiger partial charge on any atom is -0.350 e. The van der Waals surface area contributed by atoms with E-state index in [-0.39, 0.29) is 23.3 Å². The van der Waals surface area contributed by atoms with Crippen LogP contribution in [0.2, 0.25) is 0 Å². The molecule has 0 saturated carbocycles. The number of likely N-dealkylation sites (tertiary alicyclic amines) is 1. The molecule has 1 unspecified atom stereocenters. The number of sulfonamides is 1. The first-order valence-electron chi connectivity index (χ1n) is 9.10. The van der Waals surface area contributed by atoms with E-state index in [1.807, 2.05) is 30.3 Å². The second-order valence-electron chi connectivity index (χ2n) is 6.77. The van der Waals surface area contributed by atoms with E-state index in [9.17, 15) is 18.0 Å². The van der Waals surface area contributed by atoms with Crippen LogP contribution in [0.5, 0.6) is 0 Å². The summed E-state index contributed by atoms with van der Waals surface area (Å²) < 4.78 is 23.0. The minimum absolute atomic E-state index is 0.00920. The Morgan fingerprint density at radius 1 is 1.11 bits per heavy atom. The van der Waals surface area contributed by atoms with E-state index < -0.39 is 16.1 Å². The van der Waals surface area contributed by atoms with Crippen LogP contribution < -0.4 is 10.5 Å². The van der Waals surface area contributed by atoms with Crippen LogP contribution in [-0.4, -0.2) is 31.7 Å². The number of rotatable bonds is 6. The van der Waals surface area contributed by atoms with Gasteiger partial charge in [-0.05, 0) is 36.1 Å². The molecule has 1 aliphatic heterocycles. The predicted molar refractivity (Wildman–Crippen MR) is 104 cm³/mol. The summed E-state index contributed by atoms with van der Waals surface area (Å²) in [6.45, 7) is 0.667. The first-order chi connectivity index (χ1) is 13.4. The lowest BCUT2D eigenvalue weighted by Crippen LogP contribution is -2.45. The van der Waals surface area contributed by atoms with Crippen LogP contribution in [-0.2, 0) is 26.2 Å². The Labute approximate surface area is 164 Å². The highest BCUT2D eigenvalue weighted by Gasteiger charge is 2.32. The smallest absolute Gasteiger partial charge is 0.247 e. The number of nitrogens with two attached hydrogens (primary N) is 1. The molecule has 148 valence electrons. The molecule has 0 aliphatic carbocycles. The van der Waals surface area contributed by atoms with Gasteiger partial charge < -0.3 is 10.2 Å². The van der Waals surface area contributed by atoms with Gasteiger partial charge >= 0.3 is 0 Å². The van der Waals surface area contributed by atoms with Crippen molar-refractivity contribution in [3.63, 3.8) is 0 Å². The van der Waals surface area contributed by atoms with Crippen LogP contribution >= 0.6 is 0 Å². The van der Waals surface area contributed by atoms with E-state index >= 15 is 0 Å². The van der Waals surface area contributed by atoms with Crippen molar-refractivity contribution in [1.29, 1.82) is 0 Å². The maximum absolute atomic E-state index is 13.0. The number of nitrogens with one attached hydrogen (secondary N) is 1. The van der Waals surface area contributed by atoms with E-state index in [0.29, 0.717) is 18.5 Å². The number of carbonyl (C=O) groups is 2. The molecular weight excluding hydrogens is 378 g/mol. The highest BCUT2D eigenvalue weighted by atomic mass is 32.2. The summed E-state index contributed by atoms with van der Waals surface area (Å²) in [6.07, 6.45) is 2.13. The molecule has 3 N–H and O–H groups in total. The van der Waals surface area contributed by atoms with Crippen molar-refractivity contribution in [1.82, 2.24) is 10.2 Å². The van der Waals surface area contributed by atoms with Crippen LogP contribution in [0.25, 0.3) is 0 Å². The second kappa shape index (κ2) is 8.53. The first kappa shape index (κ1) is 20.0. The minimum atomic E-state index is -3.81. The Morgan fingerprint density at radius 3 is 2.54 bits per heavy atom. The van der Waals surface area contributed by atoms with Crippen molar-refractivity contribution in [3.8, 4) is 0 Å². The topological polar surface area (TPSA) is 110 Å². The lowest BCUT2D eigenvalue weighted by molar-refractivity contribution is -0.142. The maximum Gasteiger partial charge on any atom is 0.247 e. The highest BCUT2D eigenvalue weighted by Crippen LogP contribution is 2.26. The lowest BCUT2D eigenvalue weighted by atomic mass is 10.0. The summed E-state index contributed by atoms with van der Waals surface area (Å²) in [7, 11) is -3.81. The Morgan fingerprint density at radius 2 is 1.86 bits per heavy atom. The number of piperidine rings is 1. The molecule has 0 bridgehead atoms. The third kappa shape index (κ3) is 4.76. The third-order valence-corrected chi connectivity index (χ3v) is 5.64. The maximum atomic E-state index is 13.0. The van der Waals surface area contributed by atoms with Crippen LogP contribution in [0.4, 0.5) is 0 Å². The fourth-order valence-corrected chi connectivity index (χ4v) is 3.91. The molecule has 2 aromatic rings. The fourth-order valence-electron chi connectivity index (χ4n) is 3.33. The summed E-state index contributed by atoms with van der Waals surface area (Å²) in [5.41, 5.74) is 1.35. The molecular formula is C20H23N3O4S. The molecule has 3 rings (SSSR count). The normalized spacial score (nSPS) is 15.9. The van der Waals surface area contributed by atoms with Crippen LogP contribution in [0.3, 0.4) is 0 Å². The van der Waals surface area contributed by atoms with Gasteiger partial charge in [-0.2, -0.15) is 0 Å². The van der Waals surface area contributed by atoms with E-state index in [0.717, 1.165) is 18.4 Å². The number of benzene rings is 2. The molecule has 1 heterocycles. The van der Waals surface area contributed by atoms with E-state index in [1.54, 1.807) is 17.0 Å². The van der Waals surface area contributed by atoms with Gasteiger partial charge in [0.25, 0.3) is 0 Å². The standard InChI is InChI=1S/C20H23N3O4S/c21-28(26,27)17-10-6-7-15(13-17)14-22-20(25)19(16-8-2-1-3-9-16)23-12-5-4-11-18(23)24/h1-3,6-10,13,19H,4-5,11-12,14H2,(H,22,25)(H2,21,26,27). The monoisotopic (exact) mass is 401 g/mol. The summed E-state index contributed by atoms with van der Waals surface area (Å²) in [5, 5.41) is 7.98. The molecule has 1 saturated heterocycles. The highest BCUT2D eigenvalue weighted by molar-refractivity contribution is 7.89. The van der Waals surface area contributed by atoms with Crippen molar-refractivity contribution < 1.29 is 18.0 Å². The molecule has 0 radical (unpaired) electrons. The quantitative estimate of drug-likeness (QED) is 0.768. The number of hydrogen-bond acceptors (Lipinski definition) is 4. The van der Waals surface area contributed by atoms with Gasteiger partial charge in [0.1, 0.15) is 6.04 Å². The summed E-state index contributed by atoms with van der Waals surface area (Å²) in [4.78, 5) is 27.0. The van der Waals surface area contributed by atoms with Crippen molar-refractivity contribution in [2.24, 2.45) is 5.14 Å². The SMILES string of the molecule is NS(=O)(=O)c1cccc(CNC(=O)C(c2ccccc2)N2CCCCC2=O)c1. The van der Waals surface area contributed by atoms with Crippen LogP contribution in [0.15, 0.2) is 59.5 Å². The van der Waals surface area contributed by atoms with Gasteiger partial charge in [0.2, 0.25) is 21.8 Å². The zero-order chi connectivity index (χ0) is 20.1. The number of carbonyl (C=O) groups excluding carboxylic acids is 2. The van der Waals surface area contributed by atoms with Gasteiger partial charge in [-0.1, -0.05) is 42.5 Å². The summed E-state index contributed by atoms with van der Waals surface area (Å²) in [6, 6.07) is 14.6. The second-order valence-corrected chi connectivity index (χ2v) is 8.33. The lowest BCUT2D eigenvalue weighted by Gasteiger charge is -2.34. The Hall–Kier alpha value is -2.71. The zero-order valence-corrected chi connectivity index (χ0v) is 16.2. The molecule has 1 atom stereocenters. The van der Waals surface area contributed by atoms with Gasteiger partial charge in [-0.3, -0.25) is 9.59 Å². The van der Waals surface area contributed by atoms with E-state index in [4.69, 9.17) is 5.14 Å². The van der Waals surface area contributed by atoms with Crippen molar-refractivity contribution >= 4 is 21.8 Å². The fraction of sp³-hybridized carbons (Fsp3) is 0.300.